The van der Waals surface area contributed by atoms with Crippen molar-refractivity contribution in [3.8, 4) is 0 Å². The van der Waals surface area contributed by atoms with E-state index < -0.39 is 6.29 Å². The van der Waals surface area contributed by atoms with Gasteiger partial charge in [-0.15, -0.1) is 0 Å². The first kappa shape index (κ1) is 13.4. The number of esters is 1. The van der Waals surface area contributed by atoms with E-state index in [9.17, 15) is 4.79 Å². The molecular formula is C11H22O3. The van der Waals surface area contributed by atoms with Crippen molar-refractivity contribution in [3.63, 3.8) is 0 Å². The number of carbonyl (C=O) groups is 1. The second-order valence-electron chi connectivity index (χ2n) is 3.46. The van der Waals surface area contributed by atoms with Gasteiger partial charge in [0.25, 0.3) is 0 Å². The molecule has 0 aromatic heterocycles. The van der Waals surface area contributed by atoms with Gasteiger partial charge >= 0.3 is 5.97 Å². The minimum absolute atomic E-state index is 0.157. The number of unbranched alkanes of at least 4 members (excludes halogenated alkanes) is 4. The molecule has 0 aromatic rings. The third-order valence-corrected chi connectivity index (χ3v) is 2.11. The van der Waals surface area contributed by atoms with Crippen molar-refractivity contribution < 1.29 is 14.3 Å². The van der Waals surface area contributed by atoms with Gasteiger partial charge in [-0.2, -0.15) is 0 Å². The predicted octanol–water partition coefficient (Wildman–Crippen LogP) is 2.88. The van der Waals surface area contributed by atoms with Crippen LogP contribution in [0.3, 0.4) is 0 Å². The summed E-state index contributed by atoms with van der Waals surface area (Å²) in [5.41, 5.74) is 0. The molecule has 0 N–H and O–H groups in total. The molecule has 0 aliphatic carbocycles. The molecule has 0 aromatic carbocycles. The quantitative estimate of drug-likeness (QED) is 0.345. The zero-order chi connectivity index (χ0) is 10.8. The highest BCUT2D eigenvalue weighted by atomic mass is 16.7. The van der Waals surface area contributed by atoms with Crippen LogP contribution in [0.2, 0.25) is 0 Å². The third kappa shape index (κ3) is 8.05. The molecule has 0 amide bonds. The van der Waals surface area contributed by atoms with Crippen LogP contribution in [0.1, 0.15) is 52.4 Å². The molecule has 0 radical (unpaired) electrons. The lowest BCUT2D eigenvalue weighted by Crippen LogP contribution is -2.16. The van der Waals surface area contributed by atoms with E-state index in [-0.39, 0.29) is 5.97 Å². The Bertz CT molecular complexity index is 145. The summed E-state index contributed by atoms with van der Waals surface area (Å²) in [4.78, 5) is 11.1. The fourth-order valence-electron chi connectivity index (χ4n) is 1.17. The number of methoxy groups -OCH3 is 1. The van der Waals surface area contributed by atoms with Crippen LogP contribution in [0.4, 0.5) is 0 Å². The first-order valence-electron chi connectivity index (χ1n) is 5.43. The second kappa shape index (κ2) is 9.00. The van der Waals surface area contributed by atoms with Gasteiger partial charge < -0.3 is 9.47 Å². The molecule has 1 unspecified atom stereocenters. The zero-order valence-corrected chi connectivity index (χ0v) is 9.54. The van der Waals surface area contributed by atoms with E-state index in [0.717, 1.165) is 12.8 Å². The Morgan fingerprint density at radius 3 is 2.43 bits per heavy atom. The zero-order valence-electron chi connectivity index (χ0n) is 9.54. The van der Waals surface area contributed by atoms with Crippen LogP contribution < -0.4 is 0 Å². The minimum Gasteiger partial charge on any atom is -0.436 e. The Balaban J connectivity index is 3.27. The second-order valence-corrected chi connectivity index (χ2v) is 3.46. The van der Waals surface area contributed by atoms with Crippen LogP contribution in [0.5, 0.6) is 0 Å². The summed E-state index contributed by atoms with van der Waals surface area (Å²) in [6.07, 6.45) is 5.83. The Kier molecular flexibility index (Phi) is 8.64. The largest absolute Gasteiger partial charge is 0.436 e. The molecular weight excluding hydrogens is 180 g/mol. The van der Waals surface area contributed by atoms with Crippen LogP contribution in [0, 0.1) is 0 Å². The third-order valence-electron chi connectivity index (χ3n) is 2.11. The molecule has 84 valence electrons. The van der Waals surface area contributed by atoms with Gasteiger partial charge in [-0.25, -0.2) is 0 Å². The molecule has 0 rings (SSSR count). The molecule has 14 heavy (non-hydrogen) atoms. The Hall–Kier alpha value is -0.570. The lowest BCUT2D eigenvalue weighted by molar-refractivity contribution is -0.169. The Morgan fingerprint density at radius 2 is 1.86 bits per heavy atom. The Morgan fingerprint density at radius 1 is 1.21 bits per heavy atom. The minimum atomic E-state index is -0.418. The van der Waals surface area contributed by atoms with Crippen molar-refractivity contribution in [3.05, 3.63) is 0 Å². The first-order valence-corrected chi connectivity index (χ1v) is 5.43. The summed E-state index contributed by atoms with van der Waals surface area (Å²) < 4.78 is 9.77. The molecule has 0 spiro atoms. The SMILES string of the molecule is CCCCCCCC(=O)OC(C)OC. The molecule has 0 bridgehead atoms. The topological polar surface area (TPSA) is 35.5 Å². The van der Waals surface area contributed by atoms with E-state index in [0.29, 0.717) is 6.42 Å². The van der Waals surface area contributed by atoms with Crippen LogP contribution in [-0.4, -0.2) is 19.4 Å². The number of hydrogen-bond donors (Lipinski definition) is 0. The Labute approximate surface area is 86.8 Å². The van der Waals surface area contributed by atoms with Crippen molar-refractivity contribution in [2.45, 2.75) is 58.7 Å². The van der Waals surface area contributed by atoms with Gasteiger partial charge in [0.15, 0.2) is 6.29 Å². The molecule has 0 aliphatic rings. The molecule has 0 fully saturated rings. The highest BCUT2D eigenvalue weighted by molar-refractivity contribution is 5.69. The van der Waals surface area contributed by atoms with Gasteiger partial charge in [-0.3, -0.25) is 4.79 Å². The van der Waals surface area contributed by atoms with E-state index in [2.05, 4.69) is 6.92 Å². The summed E-state index contributed by atoms with van der Waals surface area (Å²) >= 11 is 0. The van der Waals surface area contributed by atoms with Crippen LogP contribution >= 0.6 is 0 Å². The van der Waals surface area contributed by atoms with Gasteiger partial charge in [0.1, 0.15) is 0 Å². The summed E-state index contributed by atoms with van der Waals surface area (Å²) in [5.74, 6) is -0.157. The molecule has 3 heteroatoms. The molecule has 1 atom stereocenters. The fourth-order valence-corrected chi connectivity index (χ4v) is 1.17. The lowest BCUT2D eigenvalue weighted by atomic mass is 10.1. The molecule has 3 nitrogen and oxygen atoms in total. The van der Waals surface area contributed by atoms with Crippen LogP contribution in [-0.2, 0) is 14.3 Å². The summed E-state index contributed by atoms with van der Waals surface area (Å²) in [5, 5.41) is 0. The smallest absolute Gasteiger partial charge is 0.308 e. The van der Waals surface area contributed by atoms with E-state index in [4.69, 9.17) is 9.47 Å². The van der Waals surface area contributed by atoms with Crippen molar-refractivity contribution in [1.29, 1.82) is 0 Å². The maximum atomic E-state index is 11.1. The van der Waals surface area contributed by atoms with Crippen molar-refractivity contribution >= 4 is 5.97 Å². The molecule has 0 saturated carbocycles. The maximum absolute atomic E-state index is 11.1. The average Bonchev–Trinajstić information content (AvgIpc) is 2.17. The van der Waals surface area contributed by atoms with Gasteiger partial charge in [0.05, 0.1) is 0 Å². The number of carbonyl (C=O) groups excluding carboxylic acids is 1. The fraction of sp³-hybridized carbons (Fsp3) is 0.909. The predicted molar refractivity (Wildman–Crippen MR) is 55.9 cm³/mol. The summed E-state index contributed by atoms with van der Waals surface area (Å²) in [6, 6.07) is 0. The highest BCUT2D eigenvalue weighted by Gasteiger charge is 2.06. The maximum Gasteiger partial charge on any atom is 0.308 e. The lowest BCUT2D eigenvalue weighted by Gasteiger charge is -2.10. The summed E-state index contributed by atoms with van der Waals surface area (Å²) in [6.45, 7) is 3.89. The van der Waals surface area contributed by atoms with Gasteiger partial charge in [-0.05, 0) is 13.3 Å². The van der Waals surface area contributed by atoms with Crippen molar-refractivity contribution in [2.75, 3.05) is 7.11 Å². The van der Waals surface area contributed by atoms with Gasteiger partial charge in [0, 0.05) is 13.5 Å². The molecule has 0 heterocycles. The van der Waals surface area contributed by atoms with Crippen molar-refractivity contribution in [2.24, 2.45) is 0 Å². The molecule has 0 aliphatic heterocycles. The monoisotopic (exact) mass is 202 g/mol. The van der Waals surface area contributed by atoms with Crippen LogP contribution in [0.25, 0.3) is 0 Å². The van der Waals surface area contributed by atoms with E-state index in [1.807, 2.05) is 0 Å². The van der Waals surface area contributed by atoms with E-state index in [1.54, 1.807) is 6.92 Å². The average molecular weight is 202 g/mol. The number of rotatable bonds is 8. The summed E-state index contributed by atoms with van der Waals surface area (Å²) in [7, 11) is 1.53. The van der Waals surface area contributed by atoms with Gasteiger partial charge in [0.2, 0.25) is 0 Å². The number of ether oxygens (including phenoxy) is 2. The number of hydrogen-bond acceptors (Lipinski definition) is 3. The first-order chi connectivity index (χ1) is 6.70. The van der Waals surface area contributed by atoms with Gasteiger partial charge in [-0.1, -0.05) is 32.6 Å². The van der Waals surface area contributed by atoms with E-state index in [1.165, 1.54) is 26.4 Å². The van der Waals surface area contributed by atoms with Crippen LogP contribution in [0.15, 0.2) is 0 Å². The standard InChI is InChI=1S/C11H22O3/c1-4-5-6-7-8-9-11(12)14-10(2)13-3/h10H,4-9H2,1-3H3. The van der Waals surface area contributed by atoms with Crippen molar-refractivity contribution in [1.82, 2.24) is 0 Å². The van der Waals surface area contributed by atoms with E-state index >= 15 is 0 Å². The molecule has 0 saturated heterocycles. The highest BCUT2D eigenvalue weighted by Crippen LogP contribution is 2.06. The normalized spacial score (nSPS) is 12.5.